The zero-order valence-corrected chi connectivity index (χ0v) is 14.6. The molecule has 1 saturated heterocycles. The highest BCUT2D eigenvalue weighted by molar-refractivity contribution is 5.99. The van der Waals surface area contributed by atoms with Crippen LogP contribution in [0.5, 0.6) is 0 Å². The van der Waals surface area contributed by atoms with E-state index in [2.05, 4.69) is 16.0 Å². The SMILES string of the molecule is CNC(=O)Cn1ccc2ccc(NC(=O)C3(OC)CCNCC3)cc21. The molecule has 1 aromatic carbocycles. The number of benzene rings is 1. The topological polar surface area (TPSA) is 84.4 Å². The average molecular weight is 344 g/mol. The van der Waals surface area contributed by atoms with Gasteiger partial charge in [0.05, 0.1) is 5.52 Å². The van der Waals surface area contributed by atoms with E-state index >= 15 is 0 Å². The predicted octanol–water partition coefficient (Wildman–Crippen LogP) is 1.09. The molecule has 3 rings (SSSR count). The molecule has 0 bridgehead atoms. The molecule has 25 heavy (non-hydrogen) atoms. The Balaban J connectivity index is 1.82. The van der Waals surface area contributed by atoms with Gasteiger partial charge in [0.1, 0.15) is 12.1 Å². The molecular weight excluding hydrogens is 320 g/mol. The van der Waals surface area contributed by atoms with E-state index in [1.165, 1.54) is 0 Å². The molecule has 0 saturated carbocycles. The van der Waals surface area contributed by atoms with Gasteiger partial charge in [0.2, 0.25) is 5.91 Å². The minimum Gasteiger partial charge on any atom is -0.368 e. The van der Waals surface area contributed by atoms with Gasteiger partial charge < -0.3 is 25.3 Å². The lowest BCUT2D eigenvalue weighted by Gasteiger charge is -2.34. The van der Waals surface area contributed by atoms with Crippen LogP contribution < -0.4 is 16.0 Å². The summed E-state index contributed by atoms with van der Waals surface area (Å²) in [5.41, 5.74) is 0.812. The first-order valence-corrected chi connectivity index (χ1v) is 8.45. The summed E-state index contributed by atoms with van der Waals surface area (Å²) in [6, 6.07) is 7.65. The maximum absolute atomic E-state index is 12.8. The van der Waals surface area contributed by atoms with Crippen molar-refractivity contribution in [3.05, 3.63) is 30.5 Å². The van der Waals surface area contributed by atoms with Crippen LogP contribution >= 0.6 is 0 Å². The third-order valence-electron chi connectivity index (χ3n) is 4.84. The number of nitrogens with one attached hydrogen (secondary N) is 3. The second-order valence-electron chi connectivity index (χ2n) is 6.29. The second-order valence-corrected chi connectivity index (χ2v) is 6.29. The number of fused-ring (bicyclic) bond motifs is 1. The van der Waals surface area contributed by atoms with Crippen molar-refractivity contribution in [2.45, 2.75) is 25.0 Å². The van der Waals surface area contributed by atoms with E-state index in [1.807, 2.05) is 35.0 Å². The van der Waals surface area contributed by atoms with Crippen LogP contribution in [-0.4, -0.2) is 49.2 Å². The average Bonchev–Trinajstić information content (AvgIpc) is 3.04. The Morgan fingerprint density at radius 1 is 1.28 bits per heavy atom. The van der Waals surface area contributed by atoms with Crippen LogP contribution in [0.2, 0.25) is 0 Å². The number of amides is 2. The third-order valence-corrected chi connectivity index (χ3v) is 4.84. The summed E-state index contributed by atoms with van der Waals surface area (Å²) in [6.07, 6.45) is 3.16. The highest BCUT2D eigenvalue weighted by Crippen LogP contribution is 2.26. The Kier molecular flexibility index (Phi) is 5.06. The van der Waals surface area contributed by atoms with E-state index in [0.717, 1.165) is 24.0 Å². The smallest absolute Gasteiger partial charge is 0.256 e. The van der Waals surface area contributed by atoms with Crippen LogP contribution in [0.15, 0.2) is 30.5 Å². The molecule has 1 fully saturated rings. The number of anilines is 1. The molecule has 1 aliphatic rings. The largest absolute Gasteiger partial charge is 0.368 e. The number of ether oxygens (including phenoxy) is 1. The van der Waals surface area contributed by atoms with Crippen molar-refractivity contribution in [1.82, 2.24) is 15.2 Å². The summed E-state index contributed by atoms with van der Waals surface area (Å²) in [5.74, 6) is -0.194. The van der Waals surface area contributed by atoms with Crippen LogP contribution in [0, 0.1) is 0 Å². The number of piperidine rings is 1. The lowest BCUT2D eigenvalue weighted by Crippen LogP contribution is -2.51. The number of likely N-dealkylation sites (N-methyl/N-ethyl adjacent to an activating group) is 1. The molecule has 0 aliphatic carbocycles. The molecule has 0 atom stereocenters. The zero-order valence-electron chi connectivity index (χ0n) is 14.6. The van der Waals surface area contributed by atoms with E-state index in [9.17, 15) is 9.59 Å². The number of rotatable bonds is 5. The summed E-state index contributed by atoms with van der Waals surface area (Å²) >= 11 is 0. The number of nitrogens with zero attached hydrogens (tertiary/aromatic N) is 1. The fourth-order valence-electron chi connectivity index (χ4n) is 3.23. The van der Waals surface area contributed by atoms with Gasteiger partial charge in [0, 0.05) is 26.0 Å². The fourth-order valence-corrected chi connectivity index (χ4v) is 3.23. The summed E-state index contributed by atoms with van der Waals surface area (Å²) in [7, 11) is 3.20. The van der Waals surface area contributed by atoms with Crippen molar-refractivity contribution in [1.29, 1.82) is 0 Å². The van der Waals surface area contributed by atoms with Gasteiger partial charge >= 0.3 is 0 Å². The van der Waals surface area contributed by atoms with Crippen molar-refractivity contribution in [2.75, 3.05) is 32.6 Å². The normalized spacial score (nSPS) is 16.6. The first-order valence-electron chi connectivity index (χ1n) is 8.45. The predicted molar refractivity (Wildman–Crippen MR) is 96.5 cm³/mol. The van der Waals surface area contributed by atoms with Crippen molar-refractivity contribution in [3.63, 3.8) is 0 Å². The van der Waals surface area contributed by atoms with E-state index < -0.39 is 5.60 Å². The molecule has 0 spiro atoms. The zero-order chi connectivity index (χ0) is 17.9. The Labute approximate surface area is 146 Å². The van der Waals surface area contributed by atoms with E-state index in [-0.39, 0.29) is 18.4 Å². The van der Waals surface area contributed by atoms with E-state index in [0.29, 0.717) is 18.5 Å². The fraction of sp³-hybridized carbons (Fsp3) is 0.444. The number of aromatic nitrogens is 1. The van der Waals surface area contributed by atoms with E-state index in [1.54, 1.807) is 14.2 Å². The Hall–Kier alpha value is -2.38. The Morgan fingerprint density at radius 2 is 2.04 bits per heavy atom. The molecular formula is C18H24N4O3. The summed E-state index contributed by atoms with van der Waals surface area (Å²) in [5, 5.41) is 9.85. The van der Waals surface area contributed by atoms with Crippen LogP contribution in [0.1, 0.15) is 12.8 Å². The highest BCUT2D eigenvalue weighted by atomic mass is 16.5. The van der Waals surface area contributed by atoms with Gasteiger partial charge in [-0.25, -0.2) is 0 Å². The molecule has 7 nitrogen and oxygen atoms in total. The first-order chi connectivity index (χ1) is 12.1. The van der Waals surface area contributed by atoms with Crippen molar-refractivity contribution in [3.8, 4) is 0 Å². The molecule has 3 N–H and O–H groups in total. The van der Waals surface area contributed by atoms with Gasteiger partial charge in [0.15, 0.2) is 0 Å². The van der Waals surface area contributed by atoms with Crippen LogP contribution in [0.3, 0.4) is 0 Å². The number of methoxy groups -OCH3 is 1. The molecule has 1 aliphatic heterocycles. The standard InChI is InChI=1S/C18H24N4O3/c1-19-16(23)12-22-10-5-13-3-4-14(11-15(13)22)21-17(24)18(25-2)6-8-20-9-7-18/h3-5,10-11,20H,6-9,12H2,1-2H3,(H,19,23)(H,21,24). The quantitative estimate of drug-likeness (QED) is 0.758. The molecule has 0 unspecified atom stereocenters. The highest BCUT2D eigenvalue weighted by Gasteiger charge is 2.39. The molecule has 2 amide bonds. The molecule has 0 radical (unpaired) electrons. The van der Waals surface area contributed by atoms with Gasteiger partial charge in [-0.05, 0) is 49.5 Å². The number of hydrogen-bond acceptors (Lipinski definition) is 4. The molecule has 1 aromatic heterocycles. The van der Waals surface area contributed by atoms with Gasteiger partial charge in [-0.1, -0.05) is 6.07 Å². The molecule has 7 heteroatoms. The Bertz CT molecular complexity index is 778. The molecule has 2 heterocycles. The number of carbonyl (C=O) groups is 2. The van der Waals surface area contributed by atoms with Crippen molar-refractivity contribution >= 4 is 28.4 Å². The Morgan fingerprint density at radius 3 is 2.72 bits per heavy atom. The van der Waals surface area contributed by atoms with Crippen LogP contribution in [0.25, 0.3) is 10.9 Å². The summed E-state index contributed by atoms with van der Waals surface area (Å²) in [6.45, 7) is 1.76. The maximum Gasteiger partial charge on any atom is 0.256 e. The van der Waals surface area contributed by atoms with Crippen LogP contribution in [0.4, 0.5) is 5.69 Å². The molecule has 2 aromatic rings. The van der Waals surface area contributed by atoms with E-state index in [4.69, 9.17) is 4.74 Å². The van der Waals surface area contributed by atoms with Gasteiger partial charge in [-0.15, -0.1) is 0 Å². The molecule has 134 valence electrons. The number of hydrogen-bond donors (Lipinski definition) is 3. The van der Waals surface area contributed by atoms with Crippen molar-refractivity contribution in [2.24, 2.45) is 0 Å². The van der Waals surface area contributed by atoms with Gasteiger partial charge in [-0.2, -0.15) is 0 Å². The second kappa shape index (κ2) is 7.25. The van der Waals surface area contributed by atoms with Gasteiger partial charge in [0.25, 0.3) is 5.91 Å². The lowest BCUT2D eigenvalue weighted by molar-refractivity contribution is -0.140. The lowest BCUT2D eigenvalue weighted by atomic mass is 9.91. The summed E-state index contributed by atoms with van der Waals surface area (Å²) < 4.78 is 7.43. The van der Waals surface area contributed by atoms with Gasteiger partial charge in [-0.3, -0.25) is 9.59 Å². The summed E-state index contributed by atoms with van der Waals surface area (Å²) in [4.78, 5) is 24.4. The minimum atomic E-state index is -0.787. The third kappa shape index (κ3) is 3.52. The maximum atomic E-state index is 12.8. The monoisotopic (exact) mass is 344 g/mol. The van der Waals surface area contributed by atoms with Crippen LogP contribution in [-0.2, 0) is 20.9 Å². The number of carbonyl (C=O) groups excluding carboxylic acids is 2. The minimum absolute atomic E-state index is 0.0695. The first kappa shape index (κ1) is 17.4. The van der Waals surface area contributed by atoms with Crippen molar-refractivity contribution < 1.29 is 14.3 Å².